The maximum atomic E-state index is 12.5. The Hall–Kier alpha value is -2.54. The Balaban J connectivity index is 2.14. The minimum Gasteiger partial charge on any atom is -0.495 e. The summed E-state index contributed by atoms with van der Waals surface area (Å²) in [6, 6.07) is 12.5. The molecular weight excluding hydrogens is 424 g/mol. The van der Waals surface area contributed by atoms with Gasteiger partial charge in [0, 0.05) is 12.1 Å². The van der Waals surface area contributed by atoms with Gasteiger partial charge in [0.2, 0.25) is 10.0 Å². The van der Waals surface area contributed by atoms with E-state index < -0.39 is 10.0 Å². The zero-order valence-electron chi connectivity index (χ0n) is 19.8. The van der Waals surface area contributed by atoms with Crippen molar-refractivity contribution in [2.24, 2.45) is 5.92 Å². The van der Waals surface area contributed by atoms with Gasteiger partial charge in [0.05, 0.1) is 25.6 Å². The van der Waals surface area contributed by atoms with Crippen molar-refractivity contribution in [3.63, 3.8) is 0 Å². The van der Waals surface area contributed by atoms with Crippen LogP contribution in [0.4, 0.5) is 5.69 Å². The number of methoxy groups -OCH3 is 1. The molecule has 6 nitrogen and oxygen atoms in total. The molecule has 32 heavy (non-hydrogen) atoms. The number of ether oxygens (including phenoxy) is 1. The summed E-state index contributed by atoms with van der Waals surface area (Å²) < 4.78 is 31.8. The van der Waals surface area contributed by atoms with Crippen molar-refractivity contribution in [2.45, 2.75) is 53.0 Å². The molecular formula is C25H36N2O4S. The van der Waals surface area contributed by atoms with Crippen LogP contribution in [0.3, 0.4) is 0 Å². The van der Waals surface area contributed by atoms with Crippen LogP contribution in [0.15, 0.2) is 42.5 Å². The van der Waals surface area contributed by atoms with E-state index in [4.69, 9.17) is 4.74 Å². The van der Waals surface area contributed by atoms with Crippen LogP contribution in [0.5, 0.6) is 5.75 Å². The summed E-state index contributed by atoms with van der Waals surface area (Å²) in [5.41, 5.74) is 2.78. The molecule has 0 saturated heterocycles. The summed E-state index contributed by atoms with van der Waals surface area (Å²) in [4.78, 5) is 12.5. The lowest BCUT2D eigenvalue weighted by molar-refractivity contribution is 0.0946. The predicted octanol–water partition coefficient (Wildman–Crippen LogP) is 4.92. The number of aryl methyl sites for hydroxylation is 1. The van der Waals surface area contributed by atoms with Crippen LogP contribution >= 0.6 is 0 Å². The molecule has 0 aromatic heterocycles. The number of hydrogen-bond donors (Lipinski definition) is 1. The quantitative estimate of drug-likeness (QED) is 0.488. The number of hydrogen-bond acceptors (Lipinski definition) is 4. The molecule has 176 valence electrons. The molecule has 1 N–H and O–H groups in total. The van der Waals surface area contributed by atoms with Crippen LogP contribution in [0.25, 0.3) is 0 Å². The zero-order valence-corrected chi connectivity index (χ0v) is 20.7. The van der Waals surface area contributed by atoms with E-state index in [0.717, 1.165) is 30.4 Å². The van der Waals surface area contributed by atoms with E-state index >= 15 is 0 Å². The molecule has 0 heterocycles. The van der Waals surface area contributed by atoms with Crippen LogP contribution in [0.2, 0.25) is 0 Å². The van der Waals surface area contributed by atoms with E-state index in [9.17, 15) is 13.2 Å². The fourth-order valence-electron chi connectivity index (χ4n) is 3.59. The average molecular weight is 461 g/mol. The number of unbranched alkanes of at least 4 members (excludes halogenated alkanes) is 1. The Morgan fingerprint density at radius 1 is 1.12 bits per heavy atom. The van der Waals surface area contributed by atoms with Crippen molar-refractivity contribution in [3.8, 4) is 5.75 Å². The smallest absolute Gasteiger partial charge is 0.251 e. The van der Waals surface area contributed by atoms with Crippen molar-refractivity contribution in [2.75, 3.05) is 24.2 Å². The summed E-state index contributed by atoms with van der Waals surface area (Å²) >= 11 is 0. The third-order valence-corrected chi connectivity index (χ3v) is 6.77. The molecule has 0 spiro atoms. The topological polar surface area (TPSA) is 75.7 Å². The molecule has 0 bridgehead atoms. The molecule has 0 aliphatic carbocycles. The summed E-state index contributed by atoms with van der Waals surface area (Å²) in [6.07, 6.45) is 5.68. The fraction of sp³-hybridized carbons (Fsp3) is 0.480. The van der Waals surface area contributed by atoms with Crippen LogP contribution in [0, 0.1) is 12.8 Å². The second-order valence-electron chi connectivity index (χ2n) is 8.27. The Labute approximate surface area is 193 Å². The van der Waals surface area contributed by atoms with Crippen LogP contribution < -0.4 is 14.4 Å². The van der Waals surface area contributed by atoms with E-state index in [1.54, 1.807) is 36.4 Å². The molecule has 2 aromatic carbocycles. The van der Waals surface area contributed by atoms with Gasteiger partial charge < -0.3 is 10.1 Å². The lowest BCUT2D eigenvalue weighted by atomic mass is 9.99. The standard InChI is InChI=1S/C25H36N2O4S/c1-6-8-9-20(7-2)17-26-25(28)22-13-11-21(12-14-22)18-27(32(5,29)30)23-16-19(3)10-15-24(23)31-4/h10-16,20H,6-9,17-18H2,1-5H3,(H,26,28). The van der Waals surface area contributed by atoms with Crippen LogP contribution in [0.1, 0.15) is 61.0 Å². The first-order valence-corrected chi connectivity index (χ1v) is 13.0. The molecule has 2 rings (SSSR count). The van der Waals surface area contributed by atoms with Gasteiger partial charge in [-0.25, -0.2) is 8.42 Å². The first-order valence-electron chi connectivity index (χ1n) is 11.2. The third kappa shape index (κ3) is 7.26. The number of anilines is 1. The molecule has 0 aliphatic rings. The Kier molecular flexibility index (Phi) is 9.57. The molecule has 2 aromatic rings. The highest BCUT2D eigenvalue weighted by molar-refractivity contribution is 7.92. The highest BCUT2D eigenvalue weighted by atomic mass is 32.2. The molecule has 0 fully saturated rings. The highest BCUT2D eigenvalue weighted by Gasteiger charge is 2.22. The van der Waals surface area contributed by atoms with Gasteiger partial charge in [-0.05, 0) is 54.7 Å². The maximum absolute atomic E-state index is 12.5. The summed E-state index contributed by atoms with van der Waals surface area (Å²) in [5, 5.41) is 3.03. The highest BCUT2D eigenvalue weighted by Crippen LogP contribution is 2.32. The minimum absolute atomic E-state index is 0.105. The van der Waals surface area contributed by atoms with Gasteiger partial charge in [-0.15, -0.1) is 0 Å². The monoisotopic (exact) mass is 460 g/mol. The minimum atomic E-state index is -3.55. The van der Waals surface area contributed by atoms with Gasteiger partial charge in [0.25, 0.3) is 5.91 Å². The molecule has 0 saturated carbocycles. The van der Waals surface area contributed by atoms with E-state index in [0.29, 0.717) is 29.5 Å². The predicted molar refractivity (Wildman–Crippen MR) is 131 cm³/mol. The fourth-order valence-corrected chi connectivity index (χ4v) is 4.47. The SMILES string of the molecule is CCCCC(CC)CNC(=O)c1ccc(CN(c2cc(C)ccc2OC)S(C)(=O)=O)cc1. The largest absolute Gasteiger partial charge is 0.495 e. The molecule has 1 unspecified atom stereocenters. The normalized spacial score (nSPS) is 12.3. The summed E-state index contributed by atoms with van der Waals surface area (Å²) in [5.74, 6) is 0.878. The average Bonchev–Trinajstić information content (AvgIpc) is 2.77. The first-order chi connectivity index (χ1) is 15.2. The van der Waals surface area contributed by atoms with E-state index in [-0.39, 0.29) is 12.5 Å². The van der Waals surface area contributed by atoms with Crippen molar-refractivity contribution >= 4 is 21.6 Å². The van der Waals surface area contributed by atoms with Gasteiger partial charge in [-0.3, -0.25) is 9.10 Å². The summed E-state index contributed by atoms with van der Waals surface area (Å²) in [6.45, 7) is 7.05. The van der Waals surface area contributed by atoms with Gasteiger partial charge in [-0.1, -0.05) is 51.3 Å². The first kappa shape index (κ1) is 25.7. The van der Waals surface area contributed by atoms with Gasteiger partial charge in [0.15, 0.2) is 0 Å². The Morgan fingerprint density at radius 3 is 2.38 bits per heavy atom. The molecule has 7 heteroatoms. The van der Waals surface area contributed by atoms with Crippen LogP contribution in [-0.2, 0) is 16.6 Å². The molecule has 0 aliphatic heterocycles. The number of rotatable bonds is 12. The molecule has 0 radical (unpaired) electrons. The number of amides is 1. The Bertz CT molecular complexity index is 988. The van der Waals surface area contributed by atoms with Crippen molar-refractivity contribution in [1.82, 2.24) is 5.32 Å². The number of nitrogens with one attached hydrogen (secondary N) is 1. The number of nitrogens with zero attached hydrogens (tertiary/aromatic N) is 1. The summed E-state index contributed by atoms with van der Waals surface area (Å²) in [7, 11) is -2.03. The Morgan fingerprint density at radius 2 is 1.81 bits per heavy atom. The number of sulfonamides is 1. The van der Waals surface area contributed by atoms with Crippen molar-refractivity contribution in [1.29, 1.82) is 0 Å². The van der Waals surface area contributed by atoms with E-state index in [1.165, 1.54) is 24.1 Å². The third-order valence-electron chi connectivity index (χ3n) is 5.64. The second-order valence-corrected chi connectivity index (χ2v) is 10.2. The maximum Gasteiger partial charge on any atom is 0.251 e. The van der Waals surface area contributed by atoms with E-state index in [1.807, 2.05) is 13.0 Å². The van der Waals surface area contributed by atoms with E-state index in [2.05, 4.69) is 19.2 Å². The zero-order chi connectivity index (χ0) is 23.7. The lowest BCUT2D eigenvalue weighted by Gasteiger charge is -2.25. The number of carbonyl (C=O) groups excluding carboxylic acids is 1. The van der Waals surface area contributed by atoms with Crippen molar-refractivity contribution < 1.29 is 17.9 Å². The van der Waals surface area contributed by atoms with Crippen molar-refractivity contribution in [3.05, 3.63) is 59.2 Å². The molecule has 1 atom stereocenters. The van der Waals surface area contributed by atoms with Crippen LogP contribution in [-0.4, -0.2) is 34.2 Å². The van der Waals surface area contributed by atoms with Gasteiger partial charge in [-0.2, -0.15) is 0 Å². The number of carbonyl (C=O) groups is 1. The van der Waals surface area contributed by atoms with Gasteiger partial charge in [0.1, 0.15) is 5.75 Å². The number of benzene rings is 2. The second kappa shape index (κ2) is 11.9. The molecule has 1 amide bonds. The van der Waals surface area contributed by atoms with Gasteiger partial charge >= 0.3 is 0 Å². The lowest BCUT2D eigenvalue weighted by Crippen LogP contribution is -2.30.